The molecule has 5 nitrogen and oxygen atoms in total. The number of carbonyl (C=O) groups is 1. The van der Waals surface area contributed by atoms with Crippen molar-refractivity contribution in [3.05, 3.63) is 101 Å². The molecule has 1 amide bonds. The Balaban J connectivity index is 0.00000256. The van der Waals surface area contributed by atoms with Gasteiger partial charge in [-0.1, -0.05) is 78.3 Å². The molecule has 0 radical (unpaired) electrons. The first-order chi connectivity index (χ1) is 14.1. The van der Waals surface area contributed by atoms with Crippen LogP contribution in [0.1, 0.15) is 16.2 Å². The molecule has 0 saturated heterocycles. The van der Waals surface area contributed by atoms with Crippen molar-refractivity contribution in [2.24, 2.45) is 0 Å². The van der Waals surface area contributed by atoms with Crippen molar-refractivity contribution in [1.29, 1.82) is 0 Å². The van der Waals surface area contributed by atoms with Gasteiger partial charge in [0.15, 0.2) is 5.82 Å². The Kier molecular flexibility index (Phi) is 6.87. The van der Waals surface area contributed by atoms with Gasteiger partial charge >= 0.3 is 0 Å². The molecule has 0 N–H and O–H groups in total. The summed E-state index contributed by atoms with van der Waals surface area (Å²) >= 11 is 6.17. The molecular formula is C23H20Cl2N4O. The van der Waals surface area contributed by atoms with Crippen LogP contribution in [0, 0.1) is 0 Å². The summed E-state index contributed by atoms with van der Waals surface area (Å²) in [6.45, 7) is 0.478. The molecule has 0 aliphatic heterocycles. The molecule has 152 valence electrons. The molecule has 30 heavy (non-hydrogen) atoms. The molecule has 0 unspecified atom stereocenters. The molecule has 0 spiro atoms. The third-order valence-corrected chi connectivity index (χ3v) is 4.73. The predicted molar refractivity (Wildman–Crippen MR) is 121 cm³/mol. The van der Waals surface area contributed by atoms with Gasteiger partial charge in [-0.25, -0.2) is 9.67 Å². The quantitative estimate of drug-likeness (QED) is 0.425. The van der Waals surface area contributed by atoms with Gasteiger partial charge in [0.25, 0.3) is 5.91 Å². The van der Waals surface area contributed by atoms with Crippen molar-refractivity contribution in [3.8, 4) is 17.1 Å². The average Bonchev–Trinajstić information content (AvgIpc) is 3.20. The number of rotatable bonds is 5. The first-order valence-corrected chi connectivity index (χ1v) is 9.57. The molecule has 7 heteroatoms. The average molecular weight is 439 g/mol. The second kappa shape index (κ2) is 9.57. The summed E-state index contributed by atoms with van der Waals surface area (Å²) in [7, 11) is 1.75. The molecule has 0 aliphatic rings. The zero-order valence-electron chi connectivity index (χ0n) is 16.3. The van der Waals surface area contributed by atoms with Crippen LogP contribution in [0.3, 0.4) is 0 Å². The summed E-state index contributed by atoms with van der Waals surface area (Å²) in [5.74, 6) is 0.485. The van der Waals surface area contributed by atoms with Crippen LogP contribution in [0.5, 0.6) is 0 Å². The van der Waals surface area contributed by atoms with Crippen molar-refractivity contribution in [3.63, 3.8) is 0 Å². The molecule has 4 aromatic rings. The molecule has 0 saturated carbocycles. The highest BCUT2D eigenvalue weighted by Crippen LogP contribution is 2.23. The lowest BCUT2D eigenvalue weighted by molar-refractivity contribution is 0.0773. The molecule has 0 fully saturated rings. The number of nitrogens with zero attached hydrogens (tertiary/aromatic N) is 4. The number of hydrogen-bond acceptors (Lipinski definition) is 3. The molecule has 1 aromatic heterocycles. The van der Waals surface area contributed by atoms with Gasteiger partial charge in [-0.05, 0) is 23.8 Å². The minimum absolute atomic E-state index is 0. The van der Waals surface area contributed by atoms with Crippen LogP contribution < -0.4 is 0 Å². The highest BCUT2D eigenvalue weighted by atomic mass is 35.5. The standard InChI is InChI=1S/C23H19ClN4O.ClH/c1-27(16-17-9-4-2-5-10-17)23(29)21-25-22(18-11-6-3-7-12-18)28(26-21)20-14-8-13-19(24)15-20;/h2-15H,16H2,1H3;1H. The summed E-state index contributed by atoms with van der Waals surface area (Å²) in [4.78, 5) is 19.2. The SMILES string of the molecule is CN(Cc1ccccc1)C(=O)c1nc(-c2ccccc2)n(-c2cccc(Cl)c2)n1.Cl. The minimum atomic E-state index is -0.244. The fourth-order valence-electron chi connectivity index (χ4n) is 3.06. The van der Waals surface area contributed by atoms with Crippen LogP contribution >= 0.6 is 24.0 Å². The third kappa shape index (κ3) is 4.70. The fraction of sp³-hybridized carbons (Fsp3) is 0.0870. The maximum Gasteiger partial charge on any atom is 0.293 e. The minimum Gasteiger partial charge on any atom is -0.335 e. The number of amides is 1. The van der Waals surface area contributed by atoms with Crippen molar-refractivity contribution in [1.82, 2.24) is 19.7 Å². The Morgan fingerprint density at radius 3 is 2.30 bits per heavy atom. The fourth-order valence-corrected chi connectivity index (χ4v) is 3.25. The first-order valence-electron chi connectivity index (χ1n) is 9.19. The van der Waals surface area contributed by atoms with Crippen molar-refractivity contribution in [2.75, 3.05) is 7.05 Å². The zero-order chi connectivity index (χ0) is 20.2. The highest BCUT2D eigenvalue weighted by Gasteiger charge is 2.21. The number of halogens is 2. The number of carbonyl (C=O) groups excluding carboxylic acids is 1. The number of aromatic nitrogens is 3. The van der Waals surface area contributed by atoms with E-state index in [9.17, 15) is 4.79 Å². The maximum atomic E-state index is 13.0. The summed E-state index contributed by atoms with van der Waals surface area (Å²) < 4.78 is 1.66. The van der Waals surface area contributed by atoms with E-state index < -0.39 is 0 Å². The van der Waals surface area contributed by atoms with Crippen LogP contribution in [0.2, 0.25) is 5.02 Å². The van der Waals surface area contributed by atoms with Crippen LogP contribution in [0.15, 0.2) is 84.9 Å². The Labute approximate surface area is 186 Å². The number of benzene rings is 3. The molecular weight excluding hydrogens is 419 g/mol. The van der Waals surface area contributed by atoms with Crippen molar-refractivity contribution in [2.45, 2.75) is 6.54 Å². The maximum absolute atomic E-state index is 13.0. The van der Waals surface area contributed by atoms with Crippen molar-refractivity contribution >= 4 is 29.9 Å². The van der Waals surface area contributed by atoms with Crippen LogP contribution in [-0.4, -0.2) is 32.6 Å². The van der Waals surface area contributed by atoms with E-state index in [1.165, 1.54) is 0 Å². The molecule has 0 aliphatic carbocycles. The lowest BCUT2D eigenvalue weighted by Gasteiger charge is -2.15. The van der Waals surface area contributed by atoms with E-state index in [2.05, 4.69) is 10.1 Å². The van der Waals surface area contributed by atoms with E-state index >= 15 is 0 Å². The van der Waals surface area contributed by atoms with Gasteiger partial charge < -0.3 is 4.90 Å². The van der Waals surface area contributed by atoms with Crippen molar-refractivity contribution < 1.29 is 4.79 Å². The normalized spacial score (nSPS) is 10.3. The number of hydrogen-bond donors (Lipinski definition) is 0. The third-order valence-electron chi connectivity index (χ3n) is 4.49. The predicted octanol–water partition coefficient (Wildman–Crippen LogP) is 5.28. The molecule has 1 heterocycles. The van der Waals surface area contributed by atoms with Gasteiger partial charge in [0.05, 0.1) is 5.69 Å². The second-order valence-corrected chi connectivity index (χ2v) is 7.10. The summed E-state index contributed by atoms with van der Waals surface area (Å²) in [5, 5.41) is 5.11. The Hall–Kier alpha value is -3.15. The van der Waals surface area contributed by atoms with E-state index in [4.69, 9.17) is 11.6 Å². The molecule has 0 atom stereocenters. The van der Waals surface area contributed by atoms with E-state index in [1.54, 1.807) is 28.8 Å². The van der Waals surface area contributed by atoms with Gasteiger partial charge in [0.2, 0.25) is 5.82 Å². The topological polar surface area (TPSA) is 51.0 Å². The van der Waals surface area contributed by atoms with Gasteiger partial charge in [-0.15, -0.1) is 17.5 Å². The van der Waals surface area contributed by atoms with Gasteiger partial charge in [-0.2, -0.15) is 0 Å². The van der Waals surface area contributed by atoms with E-state index in [0.717, 1.165) is 16.8 Å². The smallest absolute Gasteiger partial charge is 0.293 e. The van der Waals surface area contributed by atoms with Gasteiger partial charge in [0, 0.05) is 24.2 Å². The zero-order valence-corrected chi connectivity index (χ0v) is 17.8. The van der Waals surface area contributed by atoms with Crippen LogP contribution in [0.25, 0.3) is 17.1 Å². The molecule has 4 rings (SSSR count). The van der Waals surface area contributed by atoms with Gasteiger partial charge in [-0.3, -0.25) is 4.79 Å². The van der Waals surface area contributed by atoms with E-state index in [-0.39, 0.29) is 24.1 Å². The summed E-state index contributed by atoms with van der Waals surface area (Å²) in [6.07, 6.45) is 0. The Bertz CT molecular complexity index is 1130. The van der Waals surface area contributed by atoms with Crippen LogP contribution in [-0.2, 0) is 6.54 Å². The molecule has 3 aromatic carbocycles. The Morgan fingerprint density at radius 1 is 0.967 bits per heavy atom. The largest absolute Gasteiger partial charge is 0.335 e. The lowest BCUT2D eigenvalue weighted by atomic mass is 10.2. The van der Waals surface area contributed by atoms with Crippen LogP contribution in [0.4, 0.5) is 0 Å². The lowest BCUT2D eigenvalue weighted by Crippen LogP contribution is -2.27. The second-order valence-electron chi connectivity index (χ2n) is 6.66. The summed E-state index contributed by atoms with van der Waals surface area (Å²) in [6, 6.07) is 26.8. The first kappa shape index (κ1) is 21.6. The molecule has 0 bridgehead atoms. The van der Waals surface area contributed by atoms with E-state index in [1.807, 2.05) is 72.8 Å². The van der Waals surface area contributed by atoms with Gasteiger partial charge in [0.1, 0.15) is 0 Å². The van der Waals surface area contributed by atoms with E-state index in [0.29, 0.717) is 17.4 Å². The monoisotopic (exact) mass is 438 g/mol. The Morgan fingerprint density at radius 2 is 1.63 bits per heavy atom. The highest BCUT2D eigenvalue weighted by molar-refractivity contribution is 6.30. The summed E-state index contributed by atoms with van der Waals surface area (Å²) in [5.41, 5.74) is 2.65.